The third-order valence-electron chi connectivity index (χ3n) is 11.9. The summed E-state index contributed by atoms with van der Waals surface area (Å²) in [4.78, 5) is 28.3. The van der Waals surface area contributed by atoms with E-state index in [0.29, 0.717) is 33.5 Å². The normalized spacial score (nSPS) is 14.9. The molecule has 0 aliphatic carbocycles. The Kier molecular flexibility index (Phi) is 22.0. The molecule has 2 fully saturated rings. The summed E-state index contributed by atoms with van der Waals surface area (Å²) in [5, 5.41) is 34.2. The number of phenols is 2. The summed E-state index contributed by atoms with van der Waals surface area (Å²) in [6, 6.07) is 16.4. The molecule has 0 amide bonds. The summed E-state index contributed by atoms with van der Waals surface area (Å²) in [6.07, 6.45) is 8.59. The number of aromatic hydroxyl groups is 2. The van der Waals surface area contributed by atoms with Crippen LogP contribution in [0.5, 0.6) is 11.5 Å². The van der Waals surface area contributed by atoms with Gasteiger partial charge in [0.2, 0.25) is 0 Å². The van der Waals surface area contributed by atoms with E-state index in [1.54, 1.807) is 12.3 Å². The molecule has 0 unspecified atom stereocenters. The molecular formula is C49H68ClKN9O3S-. The minimum atomic E-state index is -0.240. The Morgan fingerprint density at radius 3 is 2.28 bits per heavy atom. The summed E-state index contributed by atoms with van der Waals surface area (Å²) in [7, 11) is 0. The number of benzene rings is 3. The summed E-state index contributed by atoms with van der Waals surface area (Å²) in [5.74, 6) is 1.76. The second-order valence-corrected chi connectivity index (χ2v) is 18.3. The van der Waals surface area contributed by atoms with E-state index in [1.807, 2.05) is 49.4 Å². The molecular weight excluding hydrogens is 869 g/mol. The van der Waals surface area contributed by atoms with Gasteiger partial charge in [0.15, 0.2) is 5.82 Å². The molecule has 15 heteroatoms. The fraction of sp³-hybridized carbons (Fsp3) is 0.429. The van der Waals surface area contributed by atoms with Crippen LogP contribution in [0.4, 0.5) is 23.0 Å². The van der Waals surface area contributed by atoms with Crippen molar-refractivity contribution in [3.63, 3.8) is 0 Å². The Morgan fingerprint density at radius 2 is 1.72 bits per heavy atom. The number of Topliss-reactive ketones (excluding diaryl/α,β-unsaturated/α-hetero) is 1. The number of nitrogen functional groups attached to an aromatic ring is 1. The number of nitrogens with two attached hydrogens (primary N) is 2. The number of phenolic OH excluding ortho intramolecular Hbond substituents is 2. The third kappa shape index (κ3) is 15.1. The number of likely N-dealkylation sites (tertiary alicyclic amines) is 1. The van der Waals surface area contributed by atoms with Crippen molar-refractivity contribution in [3.8, 4) is 11.5 Å². The van der Waals surface area contributed by atoms with Gasteiger partial charge in [-0.05, 0) is 106 Å². The molecule has 342 valence electrons. The van der Waals surface area contributed by atoms with Gasteiger partial charge in [-0.1, -0.05) is 88.7 Å². The predicted octanol–water partition coefficient (Wildman–Crippen LogP) is 7.47. The molecule has 0 spiro atoms. The summed E-state index contributed by atoms with van der Waals surface area (Å²) >= 11 is 8.31. The number of hydrogen-bond acceptors (Lipinski definition) is 12. The van der Waals surface area contributed by atoms with Crippen LogP contribution in [0.1, 0.15) is 96.8 Å². The standard InChI is InChI=1S/C42H51ClN9O3S.C6H14.CH3.K/c1-5-29-21-32(35(55)22-34(29)54)40(45)52(24-26(2)53)31-11-9-28(10-12-31)25-50-17-13-30(14-18-50)27(3)48-33-7-6-8-36(38(33)43)56-41-39(44)49-37(23-47-41)51-19-15-42(4,46)16-20-51;1-4-6(3)5-2;;/h6-12,21-24,30,45,48,54-55H,3,5,13-20,25,46H2,1-2,4H3,(H2,44,49);6H,4-5H2,1-3H3;1H3;/q-1;;-1;+1. The van der Waals surface area contributed by atoms with E-state index in [0.717, 1.165) is 92.0 Å². The number of halogens is 1. The Balaban J connectivity index is 0.00000127. The van der Waals surface area contributed by atoms with E-state index in [1.165, 1.54) is 49.0 Å². The average Bonchev–Trinajstić information content (AvgIpc) is 3.25. The quantitative estimate of drug-likeness (QED) is 0.0300. The Bertz CT molecular complexity index is 2170. The van der Waals surface area contributed by atoms with Gasteiger partial charge >= 0.3 is 51.4 Å². The number of carbonyl (C=O) groups is 1. The number of nitrogens with zero attached hydrogens (tertiary/aromatic N) is 5. The van der Waals surface area contributed by atoms with Crippen LogP contribution in [0.3, 0.4) is 0 Å². The molecule has 0 radical (unpaired) electrons. The molecule has 6 rings (SSSR count). The summed E-state index contributed by atoms with van der Waals surface area (Å²) < 4.78 is 0. The first-order chi connectivity index (χ1) is 29.5. The monoisotopic (exact) mass is 936 g/mol. The number of piperidine rings is 2. The van der Waals surface area contributed by atoms with Gasteiger partial charge in [-0.2, -0.15) is 0 Å². The van der Waals surface area contributed by atoms with Gasteiger partial charge in [-0.15, -0.1) is 0 Å². The average molecular weight is 938 g/mol. The van der Waals surface area contributed by atoms with Crippen LogP contribution in [0.15, 0.2) is 83.0 Å². The summed E-state index contributed by atoms with van der Waals surface area (Å²) in [6.45, 7) is 22.0. The number of rotatable bonds is 15. The van der Waals surface area contributed by atoms with Crippen molar-refractivity contribution in [2.24, 2.45) is 17.6 Å². The molecule has 3 heterocycles. The Labute approximate surface area is 433 Å². The second-order valence-electron chi connectivity index (χ2n) is 16.9. The van der Waals surface area contributed by atoms with Crippen molar-refractivity contribution in [1.29, 1.82) is 5.41 Å². The topological polar surface area (TPSA) is 181 Å². The maximum absolute atomic E-state index is 12.2. The first-order valence-electron chi connectivity index (χ1n) is 21.7. The van der Waals surface area contributed by atoms with E-state index < -0.39 is 0 Å². The van der Waals surface area contributed by atoms with Crippen LogP contribution in [0, 0.1) is 31.2 Å². The SMILES string of the molecule is C=C(Nc1cccc(Sc2ncc(N3CCC(C)(N)CC3)nc2N)c1Cl)C1CCN(Cc2ccc(N([CH-]C(C)=O)C(=N)c3cc(CC)c(O)cc3O)cc2)CC1.CCC(C)CC.[CH3-].[K+]. The maximum atomic E-state index is 12.2. The first-order valence-corrected chi connectivity index (χ1v) is 22.9. The van der Waals surface area contributed by atoms with Gasteiger partial charge in [0, 0.05) is 59.2 Å². The van der Waals surface area contributed by atoms with Crippen LogP contribution in [-0.2, 0) is 17.8 Å². The molecule has 1 aromatic heterocycles. The zero-order chi connectivity index (χ0) is 45.1. The number of allylic oxidation sites excluding steroid dienone is 1. The largest absolute Gasteiger partial charge is 1.00 e. The number of anilines is 4. The number of aromatic nitrogens is 2. The number of carbonyl (C=O) groups excluding carboxylic acids is 1. The van der Waals surface area contributed by atoms with E-state index in [2.05, 4.69) is 59.4 Å². The van der Waals surface area contributed by atoms with Gasteiger partial charge in [0.1, 0.15) is 28.2 Å². The summed E-state index contributed by atoms with van der Waals surface area (Å²) in [5.41, 5.74) is 16.8. The number of ketones is 1. The number of hydrogen-bond donors (Lipinski definition) is 6. The first kappa shape index (κ1) is 55.0. The van der Waals surface area contributed by atoms with Gasteiger partial charge in [0.25, 0.3) is 0 Å². The Hall–Kier alpha value is -3.31. The maximum Gasteiger partial charge on any atom is 1.00 e. The zero-order valence-corrected chi connectivity index (χ0v) is 43.9. The van der Waals surface area contributed by atoms with Crippen LogP contribution in [-0.4, -0.2) is 68.4 Å². The zero-order valence-electron chi connectivity index (χ0n) is 39.2. The fourth-order valence-corrected chi connectivity index (χ4v) is 8.45. The van der Waals surface area contributed by atoms with Gasteiger partial charge in [-0.3, -0.25) is 10.3 Å². The molecule has 0 bridgehead atoms. The number of aryl methyl sites for hydroxylation is 1. The van der Waals surface area contributed by atoms with Crippen LogP contribution in [0.25, 0.3) is 0 Å². The van der Waals surface area contributed by atoms with Crippen molar-refractivity contribution in [3.05, 3.63) is 109 Å². The molecule has 2 aliphatic rings. The second kappa shape index (κ2) is 25.6. The van der Waals surface area contributed by atoms with Crippen molar-refractivity contribution >= 4 is 58.0 Å². The molecule has 8 N–H and O–H groups in total. The minimum Gasteiger partial charge on any atom is -0.508 e. The van der Waals surface area contributed by atoms with Crippen LogP contribution < -0.4 is 78.0 Å². The third-order valence-corrected chi connectivity index (χ3v) is 13.5. The molecule has 0 atom stereocenters. The van der Waals surface area contributed by atoms with Crippen LogP contribution >= 0.6 is 23.4 Å². The number of amidine groups is 1. The van der Waals surface area contributed by atoms with Crippen molar-refractivity contribution in [2.75, 3.05) is 47.0 Å². The molecule has 3 aromatic carbocycles. The number of nitrogens with one attached hydrogen (secondary N) is 2. The van der Waals surface area contributed by atoms with Gasteiger partial charge < -0.3 is 49.0 Å². The van der Waals surface area contributed by atoms with Crippen LogP contribution in [0.2, 0.25) is 5.02 Å². The molecule has 4 aromatic rings. The van der Waals surface area contributed by atoms with Gasteiger partial charge in [-0.25, -0.2) is 16.5 Å². The van der Waals surface area contributed by atoms with Crippen molar-refractivity contribution in [2.45, 2.75) is 108 Å². The Morgan fingerprint density at radius 1 is 1.08 bits per heavy atom. The molecule has 0 saturated carbocycles. The minimum absolute atomic E-state index is 0. The van der Waals surface area contributed by atoms with E-state index in [9.17, 15) is 15.0 Å². The predicted molar refractivity (Wildman–Crippen MR) is 263 cm³/mol. The van der Waals surface area contributed by atoms with Crippen molar-refractivity contribution < 1.29 is 66.4 Å². The fourth-order valence-electron chi connectivity index (χ4n) is 7.35. The molecule has 64 heavy (non-hydrogen) atoms. The molecule has 2 saturated heterocycles. The molecule has 12 nitrogen and oxygen atoms in total. The van der Waals surface area contributed by atoms with E-state index in [4.69, 9.17) is 28.5 Å². The van der Waals surface area contributed by atoms with Crippen molar-refractivity contribution in [1.82, 2.24) is 14.9 Å². The van der Waals surface area contributed by atoms with E-state index in [-0.39, 0.29) is 98.9 Å². The van der Waals surface area contributed by atoms with Gasteiger partial charge in [0.05, 0.1) is 22.5 Å². The molecule has 2 aliphatic heterocycles. The van der Waals surface area contributed by atoms with E-state index >= 15 is 0 Å². The smallest absolute Gasteiger partial charge is 0.508 e.